The van der Waals surface area contributed by atoms with Crippen LogP contribution in [0.25, 0.3) is 0 Å². The van der Waals surface area contributed by atoms with E-state index in [1.165, 1.54) is 17.4 Å². The zero-order valence-corrected chi connectivity index (χ0v) is 13.3. The molecule has 0 bridgehead atoms. The van der Waals surface area contributed by atoms with E-state index in [2.05, 4.69) is 4.74 Å². The number of anilines is 1. The molecule has 1 aromatic carbocycles. The number of hydrogen-bond acceptors (Lipinski definition) is 3. The van der Waals surface area contributed by atoms with Gasteiger partial charge in [-0.2, -0.15) is 39.5 Å². The molecule has 1 atom stereocenters. The number of thioether (sulfide) groups is 1. The molecule has 1 aliphatic heterocycles. The highest BCUT2D eigenvalue weighted by Crippen LogP contribution is 2.64. The number of rotatable bonds is 4. The van der Waals surface area contributed by atoms with Gasteiger partial charge in [0.1, 0.15) is 0 Å². The number of alkyl halides is 9. The van der Waals surface area contributed by atoms with Crippen LogP contribution in [0.4, 0.5) is 45.2 Å². The average Bonchev–Trinajstić information content (AvgIpc) is 2.62. The van der Waals surface area contributed by atoms with Gasteiger partial charge < -0.3 is 5.32 Å². The van der Waals surface area contributed by atoms with Gasteiger partial charge in [-0.05, 0) is 24.5 Å². The van der Waals surface area contributed by atoms with Crippen LogP contribution in [0.5, 0.6) is 0 Å². The Hall–Kier alpha value is -1.63. The van der Waals surface area contributed by atoms with Crippen LogP contribution in [0, 0.1) is 0 Å². The summed E-state index contributed by atoms with van der Waals surface area (Å²) < 4.78 is 123. The van der Waals surface area contributed by atoms with Crippen LogP contribution in [0.3, 0.4) is 0 Å². The molecular weight excluding hydrogens is 405 g/mol. The molecule has 1 aromatic rings. The number of hydrogen-bond donors (Lipinski definition) is 1. The Bertz CT molecular complexity index is 727. The fourth-order valence-corrected chi connectivity index (χ4v) is 2.47. The van der Waals surface area contributed by atoms with Gasteiger partial charge in [-0.25, -0.2) is 0 Å². The molecule has 0 spiro atoms. The minimum absolute atomic E-state index is 0.404. The molecular formula is C13H8F9NO2S. The van der Waals surface area contributed by atoms with Crippen molar-refractivity contribution in [3.05, 3.63) is 24.3 Å². The zero-order valence-electron chi connectivity index (χ0n) is 12.4. The van der Waals surface area contributed by atoms with E-state index in [4.69, 9.17) is 0 Å². The Morgan fingerprint density at radius 3 is 2.12 bits per heavy atom. The van der Waals surface area contributed by atoms with Crippen LogP contribution in [0.15, 0.2) is 29.2 Å². The predicted octanol–water partition coefficient (Wildman–Crippen LogP) is 4.54. The van der Waals surface area contributed by atoms with Crippen LogP contribution in [0.2, 0.25) is 0 Å². The SMILES string of the molecule is CSc1cccc(NC(=O)C(F)(F)[C@]2(F)OC(F)(F)C(F)(F)C2(F)F)c1. The zero-order chi connectivity index (χ0) is 20.2. The van der Waals surface area contributed by atoms with Crippen LogP contribution in [-0.4, -0.2) is 41.9 Å². The van der Waals surface area contributed by atoms with Gasteiger partial charge in [0.2, 0.25) is 0 Å². The molecule has 1 saturated heterocycles. The smallest absolute Gasteiger partial charge is 0.321 e. The molecule has 0 saturated carbocycles. The summed E-state index contributed by atoms with van der Waals surface area (Å²) >= 11 is 1.09. The largest absolute Gasteiger partial charge is 0.428 e. The van der Waals surface area contributed by atoms with Gasteiger partial charge in [-0.1, -0.05) is 6.07 Å². The van der Waals surface area contributed by atoms with E-state index in [1.807, 2.05) is 0 Å². The van der Waals surface area contributed by atoms with Gasteiger partial charge in [0.25, 0.3) is 0 Å². The molecule has 1 N–H and O–H groups in total. The van der Waals surface area contributed by atoms with Crippen molar-refractivity contribution in [3.8, 4) is 0 Å². The maximum Gasteiger partial charge on any atom is 0.428 e. The summed E-state index contributed by atoms with van der Waals surface area (Å²) in [7, 11) is 0. The normalized spacial score (nSPS) is 26.5. The maximum atomic E-state index is 14.0. The molecule has 0 aromatic heterocycles. The number of carbonyl (C=O) groups is 1. The van der Waals surface area contributed by atoms with Crippen LogP contribution in [-0.2, 0) is 9.53 Å². The Labute approximate surface area is 143 Å². The summed E-state index contributed by atoms with van der Waals surface area (Å²) in [5.74, 6) is -28.6. The van der Waals surface area contributed by atoms with Gasteiger partial charge in [0, 0.05) is 10.6 Å². The molecule has 26 heavy (non-hydrogen) atoms. The molecule has 146 valence electrons. The van der Waals surface area contributed by atoms with E-state index in [-0.39, 0.29) is 0 Å². The van der Waals surface area contributed by atoms with E-state index in [0.717, 1.165) is 23.9 Å². The summed E-state index contributed by atoms with van der Waals surface area (Å²) in [6.07, 6.45) is -4.71. The average molecular weight is 413 g/mol. The Kier molecular flexibility index (Phi) is 4.72. The first-order valence-electron chi connectivity index (χ1n) is 6.50. The molecule has 1 amide bonds. The summed E-state index contributed by atoms with van der Waals surface area (Å²) in [5, 5.41) is 1.31. The quantitative estimate of drug-likeness (QED) is 0.582. The predicted molar refractivity (Wildman–Crippen MR) is 71.6 cm³/mol. The molecule has 3 nitrogen and oxygen atoms in total. The molecule has 13 heteroatoms. The third-order valence-electron chi connectivity index (χ3n) is 3.45. The second-order valence-corrected chi connectivity index (χ2v) is 6.00. The lowest BCUT2D eigenvalue weighted by molar-refractivity contribution is -0.366. The second kappa shape index (κ2) is 5.94. The number of benzene rings is 1. The third kappa shape index (κ3) is 2.63. The van der Waals surface area contributed by atoms with Crippen LogP contribution >= 0.6 is 11.8 Å². The minimum atomic E-state index is -6.70. The monoisotopic (exact) mass is 413 g/mol. The van der Waals surface area contributed by atoms with E-state index in [0.29, 0.717) is 4.90 Å². The number of halogens is 9. The van der Waals surface area contributed by atoms with Crippen molar-refractivity contribution in [2.24, 2.45) is 0 Å². The van der Waals surface area contributed by atoms with Crippen LogP contribution < -0.4 is 5.32 Å². The van der Waals surface area contributed by atoms with Crippen molar-refractivity contribution < 1.29 is 49.0 Å². The van der Waals surface area contributed by atoms with Crippen LogP contribution in [0.1, 0.15) is 0 Å². The highest BCUT2D eigenvalue weighted by Gasteiger charge is 2.96. The molecule has 2 rings (SSSR count). The molecule has 0 radical (unpaired) electrons. The topological polar surface area (TPSA) is 38.3 Å². The van der Waals surface area contributed by atoms with Crippen molar-refractivity contribution in [1.82, 2.24) is 0 Å². The van der Waals surface area contributed by atoms with Crippen molar-refractivity contribution in [3.63, 3.8) is 0 Å². The highest BCUT2D eigenvalue weighted by atomic mass is 32.2. The fourth-order valence-electron chi connectivity index (χ4n) is 2.01. The standard InChI is InChI=1S/C13H8F9NO2S/c1-26-7-4-2-3-6(5-7)23-8(24)9(14,15)12(20)10(16,17)11(18,19)13(21,22)25-12/h2-5H,1H3,(H,23,24)/t12-/m0/s1. The van der Waals surface area contributed by atoms with Crippen molar-refractivity contribution in [1.29, 1.82) is 0 Å². The first-order chi connectivity index (χ1) is 11.6. The van der Waals surface area contributed by atoms with Crippen molar-refractivity contribution in [2.75, 3.05) is 11.6 Å². The number of carbonyl (C=O) groups excluding carboxylic acids is 1. The summed E-state index contributed by atoms with van der Waals surface area (Å²) in [6.45, 7) is 0. The first-order valence-corrected chi connectivity index (χ1v) is 7.72. The molecule has 1 heterocycles. The lowest BCUT2D eigenvalue weighted by Gasteiger charge is -2.31. The number of ether oxygens (including phenoxy) is 1. The number of nitrogens with one attached hydrogen (secondary N) is 1. The lowest BCUT2D eigenvalue weighted by Crippen LogP contribution is -2.63. The Balaban J connectivity index is 2.40. The van der Waals surface area contributed by atoms with Gasteiger partial charge in [-0.15, -0.1) is 11.8 Å². The van der Waals surface area contributed by atoms with E-state index < -0.39 is 41.3 Å². The fraction of sp³-hybridized carbons (Fsp3) is 0.462. The molecule has 1 fully saturated rings. The Morgan fingerprint density at radius 1 is 1.08 bits per heavy atom. The van der Waals surface area contributed by atoms with E-state index >= 15 is 0 Å². The van der Waals surface area contributed by atoms with Gasteiger partial charge >= 0.3 is 35.6 Å². The van der Waals surface area contributed by atoms with E-state index in [1.54, 1.807) is 6.26 Å². The maximum absolute atomic E-state index is 14.0. The Morgan fingerprint density at radius 2 is 1.65 bits per heavy atom. The minimum Gasteiger partial charge on any atom is -0.321 e. The third-order valence-corrected chi connectivity index (χ3v) is 4.17. The summed E-state index contributed by atoms with van der Waals surface area (Å²) in [5.41, 5.74) is -0.440. The lowest BCUT2D eigenvalue weighted by atomic mass is 9.99. The van der Waals surface area contributed by atoms with Gasteiger partial charge in [0.05, 0.1) is 0 Å². The van der Waals surface area contributed by atoms with E-state index in [9.17, 15) is 44.3 Å². The van der Waals surface area contributed by atoms with Crippen molar-refractivity contribution in [2.45, 2.75) is 34.6 Å². The summed E-state index contributed by atoms with van der Waals surface area (Å²) in [6, 6.07) is 4.77. The van der Waals surface area contributed by atoms with Crippen molar-refractivity contribution >= 4 is 23.4 Å². The number of amides is 1. The van der Waals surface area contributed by atoms with Gasteiger partial charge in [-0.3, -0.25) is 9.53 Å². The second-order valence-electron chi connectivity index (χ2n) is 5.12. The molecule has 0 unspecified atom stereocenters. The molecule has 1 aliphatic rings. The summed E-state index contributed by atoms with van der Waals surface area (Å²) in [4.78, 5) is 11.9. The highest BCUT2D eigenvalue weighted by molar-refractivity contribution is 7.98. The first kappa shape index (κ1) is 20.7. The van der Waals surface area contributed by atoms with Gasteiger partial charge in [0.15, 0.2) is 0 Å². The molecule has 0 aliphatic carbocycles.